The number of hydrogen-bond acceptors (Lipinski definition) is 6. The van der Waals surface area contributed by atoms with Crippen LogP contribution in [0.5, 0.6) is 0 Å². The van der Waals surface area contributed by atoms with Crippen molar-refractivity contribution in [2.24, 2.45) is 0 Å². The molecule has 1 unspecified atom stereocenters. The molecule has 1 heterocycles. The van der Waals surface area contributed by atoms with Crippen LogP contribution in [0.1, 0.15) is 51.4 Å². The number of carbonyl (C=O) groups is 1. The highest BCUT2D eigenvalue weighted by atomic mass is 35.5. The van der Waals surface area contributed by atoms with Crippen LogP contribution in [0.3, 0.4) is 0 Å². The average molecular weight is 454 g/mol. The molecular weight excluding hydrogens is 426 g/mol. The van der Waals surface area contributed by atoms with Gasteiger partial charge < -0.3 is 9.29 Å². The van der Waals surface area contributed by atoms with Gasteiger partial charge in [0.15, 0.2) is 0 Å². The van der Waals surface area contributed by atoms with Crippen LogP contribution in [0.15, 0.2) is 41.5 Å². The number of benzene rings is 1. The minimum atomic E-state index is -1.27. The third-order valence-corrected chi connectivity index (χ3v) is 6.17. The van der Waals surface area contributed by atoms with E-state index in [9.17, 15) is 14.1 Å². The molecule has 0 fully saturated rings. The van der Waals surface area contributed by atoms with E-state index in [1.807, 2.05) is 32.9 Å². The Morgan fingerprint density at radius 1 is 1.33 bits per heavy atom. The van der Waals surface area contributed by atoms with E-state index in [-0.39, 0.29) is 24.8 Å². The molecule has 9 heteroatoms. The molecule has 1 aromatic carbocycles. The lowest BCUT2D eigenvalue weighted by Crippen LogP contribution is -2.41. The second-order valence-corrected chi connectivity index (χ2v) is 10.2. The van der Waals surface area contributed by atoms with E-state index < -0.39 is 22.1 Å². The van der Waals surface area contributed by atoms with Crippen LogP contribution in [0.2, 0.25) is 5.02 Å². The Hall–Kier alpha value is -1.87. The standard InChI is InChI=1S/C21H28ClN3O4S/c1-5-29-20(27)13-25-14-23-17(12-19(25)26)10-11-18(24-30(28)21(2,3)4)15-6-8-16(22)9-7-15/h6-9,12,14,18,24H,5,10-11,13H2,1-4H3/t18-,30?/m0/s1. The monoisotopic (exact) mass is 453 g/mol. The molecule has 2 atom stereocenters. The summed E-state index contributed by atoms with van der Waals surface area (Å²) in [5, 5.41) is 0.626. The summed E-state index contributed by atoms with van der Waals surface area (Å²) in [6.07, 6.45) is 2.43. The molecule has 0 radical (unpaired) electrons. The van der Waals surface area contributed by atoms with E-state index in [0.717, 1.165) is 5.56 Å². The van der Waals surface area contributed by atoms with Gasteiger partial charge in [-0.15, -0.1) is 4.72 Å². The van der Waals surface area contributed by atoms with Gasteiger partial charge in [0.2, 0.25) is 0 Å². The maximum absolute atomic E-state index is 12.6. The lowest BCUT2D eigenvalue weighted by Gasteiger charge is -2.28. The van der Waals surface area contributed by atoms with Gasteiger partial charge in [0.05, 0.1) is 19.0 Å². The topological polar surface area (TPSA) is 96.3 Å². The first-order chi connectivity index (χ1) is 14.1. The Bertz CT molecular complexity index is 896. The van der Waals surface area contributed by atoms with E-state index >= 15 is 0 Å². The quantitative estimate of drug-likeness (QED) is 0.462. The highest BCUT2D eigenvalue weighted by molar-refractivity contribution is 7.90. The average Bonchev–Trinajstić information content (AvgIpc) is 2.67. The SMILES string of the molecule is CCOC(=O)Cn1cnc(CC[C@H](N[S+]([O-])C(C)(C)C)c2ccc(Cl)cc2)cc1=O. The van der Waals surface area contributed by atoms with Crippen LogP contribution in [0.4, 0.5) is 0 Å². The smallest absolute Gasteiger partial charge is 0.326 e. The summed E-state index contributed by atoms with van der Waals surface area (Å²) in [4.78, 5) is 28.1. The fourth-order valence-corrected chi connectivity index (χ4v) is 3.64. The molecule has 0 aliphatic rings. The van der Waals surface area contributed by atoms with Crippen LogP contribution in [0.25, 0.3) is 0 Å². The molecule has 0 aliphatic carbocycles. The van der Waals surface area contributed by atoms with Crippen molar-refractivity contribution in [2.75, 3.05) is 6.61 Å². The predicted octanol–water partition coefficient (Wildman–Crippen LogP) is 3.19. The number of nitrogens with zero attached hydrogens (tertiary/aromatic N) is 2. The van der Waals surface area contributed by atoms with Crippen LogP contribution in [-0.2, 0) is 33.9 Å². The molecule has 1 N–H and O–H groups in total. The van der Waals surface area contributed by atoms with E-state index in [2.05, 4.69) is 9.71 Å². The fourth-order valence-electron chi connectivity index (χ4n) is 2.65. The van der Waals surface area contributed by atoms with Crippen molar-refractivity contribution in [3.63, 3.8) is 0 Å². The van der Waals surface area contributed by atoms with Crippen molar-refractivity contribution in [1.29, 1.82) is 0 Å². The first-order valence-electron chi connectivity index (χ1n) is 9.74. The molecule has 164 valence electrons. The molecule has 0 saturated carbocycles. The third-order valence-electron chi connectivity index (χ3n) is 4.31. The molecule has 0 amide bonds. The van der Waals surface area contributed by atoms with Gasteiger partial charge in [-0.1, -0.05) is 23.7 Å². The number of ether oxygens (including phenoxy) is 1. The lowest BCUT2D eigenvalue weighted by molar-refractivity contribution is -0.143. The van der Waals surface area contributed by atoms with Crippen LogP contribution in [0, 0.1) is 0 Å². The zero-order valence-electron chi connectivity index (χ0n) is 17.7. The van der Waals surface area contributed by atoms with Crippen molar-refractivity contribution >= 4 is 28.9 Å². The number of aromatic nitrogens is 2. The van der Waals surface area contributed by atoms with Gasteiger partial charge in [-0.05, 0) is 58.2 Å². The van der Waals surface area contributed by atoms with Gasteiger partial charge in [-0.3, -0.25) is 14.2 Å². The number of esters is 1. The van der Waals surface area contributed by atoms with Crippen LogP contribution < -0.4 is 10.3 Å². The summed E-state index contributed by atoms with van der Waals surface area (Å²) in [5.74, 6) is -0.481. The normalized spacial score (nSPS) is 13.7. The lowest BCUT2D eigenvalue weighted by atomic mass is 10.0. The van der Waals surface area contributed by atoms with E-state index in [1.54, 1.807) is 19.1 Å². The molecular formula is C21H28ClN3O4S. The summed E-state index contributed by atoms with van der Waals surface area (Å²) in [6, 6.07) is 8.58. The molecule has 0 spiro atoms. The summed E-state index contributed by atoms with van der Waals surface area (Å²) >= 11 is 4.73. The maximum atomic E-state index is 12.6. The van der Waals surface area contributed by atoms with Gasteiger partial charge in [0, 0.05) is 28.1 Å². The van der Waals surface area contributed by atoms with Gasteiger partial charge in [-0.2, -0.15) is 0 Å². The highest BCUT2D eigenvalue weighted by Crippen LogP contribution is 2.24. The molecule has 1 aromatic heterocycles. The first kappa shape index (κ1) is 24.4. The zero-order valence-corrected chi connectivity index (χ0v) is 19.3. The van der Waals surface area contributed by atoms with Crippen molar-refractivity contribution in [1.82, 2.24) is 14.3 Å². The third kappa shape index (κ3) is 7.43. The van der Waals surface area contributed by atoms with Crippen LogP contribution >= 0.6 is 11.6 Å². The number of carbonyl (C=O) groups excluding carboxylic acids is 1. The number of rotatable bonds is 9. The minimum Gasteiger partial charge on any atom is -0.598 e. The Kier molecular flexibility index (Phi) is 8.91. The number of nitrogens with one attached hydrogen (secondary N) is 1. The Labute approximate surface area is 185 Å². The van der Waals surface area contributed by atoms with E-state index in [0.29, 0.717) is 23.6 Å². The van der Waals surface area contributed by atoms with E-state index in [1.165, 1.54) is 17.0 Å². The summed E-state index contributed by atoms with van der Waals surface area (Å²) < 4.78 is 21.5. The summed E-state index contributed by atoms with van der Waals surface area (Å²) in [7, 11) is 0. The van der Waals surface area contributed by atoms with Crippen molar-refractivity contribution in [2.45, 2.75) is 57.9 Å². The van der Waals surface area contributed by atoms with Crippen molar-refractivity contribution < 1.29 is 14.1 Å². The first-order valence-corrected chi connectivity index (χ1v) is 11.3. The molecule has 0 saturated heterocycles. The number of halogens is 1. The Morgan fingerprint density at radius 2 is 2.00 bits per heavy atom. The van der Waals surface area contributed by atoms with Gasteiger partial charge in [0.1, 0.15) is 11.3 Å². The molecule has 0 bridgehead atoms. The van der Waals surface area contributed by atoms with Crippen molar-refractivity contribution in [3.05, 3.63) is 63.3 Å². The van der Waals surface area contributed by atoms with E-state index in [4.69, 9.17) is 16.3 Å². The predicted molar refractivity (Wildman–Crippen MR) is 119 cm³/mol. The molecule has 0 aliphatic heterocycles. The van der Waals surface area contributed by atoms with Gasteiger partial charge in [0.25, 0.3) is 5.56 Å². The van der Waals surface area contributed by atoms with Gasteiger partial charge in [-0.25, -0.2) is 4.98 Å². The second kappa shape index (κ2) is 10.9. The highest BCUT2D eigenvalue weighted by Gasteiger charge is 2.29. The van der Waals surface area contributed by atoms with Gasteiger partial charge >= 0.3 is 5.97 Å². The second-order valence-electron chi connectivity index (χ2n) is 7.79. The Morgan fingerprint density at radius 3 is 2.57 bits per heavy atom. The molecule has 2 aromatic rings. The number of aryl methyl sites for hydroxylation is 1. The summed E-state index contributed by atoms with van der Waals surface area (Å²) in [6.45, 7) is 7.51. The molecule has 7 nitrogen and oxygen atoms in total. The fraction of sp³-hybridized carbons (Fsp3) is 0.476. The number of hydrogen-bond donors (Lipinski definition) is 1. The Balaban J connectivity index is 2.12. The molecule has 2 rings (SSSR count). The maximum Gasteiger partial charge on any atom is 0.326 e. The zero-order chi connectivity index (χ0) is 22.3. The molecule has 30 heavy (non-hydrogen) atoms. The van der Waals surface area contributed by atoms with Crippen molar-refractivity contribution in [3.8, 4) is 0 Å². The largest absolute Gasteiger partial charge is 0.598 e. The minimum absolute atomic E-state index is 0.167. The summed E-state index contributed by atoms with van der Waals surface area (Å²) in [5.41, 5.74) is 1.23. The van der Waals surface area contributed by atoms with Crippen LogP contribution in [-0.4, -0.2) is 31.4 Å².